The summed E-state index contributed by atoms with van der Waals surface area (Å²) < 4.78 is 37.8. The zero-order valence-electron chi connectivity index (χ0n) is 18.3. The number of aromatic nitrogens is 1. The van der Waals surface area contributed by atoms with Gasteiger partial charge in [0.2, 0.25) is 5.91 Å². The highest BCUT2D eigenvalue weighted by Gasteiger charge is 2.28. The van der Waals surface area contributed by atoms with Gasteiger partial charge in [-0.15, -0.1) is 0 Å². The zero-order valence-corrected chi connectivity index (χ0v) is 18.3. The number of hydrogen-bond donors (Lipinski definition) is 2. The smallest absolute Gasteiger partial charge is 0.303 e. The van der Waals surface area contributed by atoms with E-state index in [9.17, 15) is 23.2 Å². The zero-order chi connectivity index (χ0) is 24.0. The lowest BCUT2D eigenvalue weighted by Crippen LogP contribution is -2.42. The standard InChI is InChI=1S/C23H25F2N3O5/c1-13(29)33-12-22(30)27-16-5-3-4-14(8-16)23(31)28-21-10-18(19(25)11-26-21)17-7-6-15(24)9-20(17)32-2/h6-7,9-11,14,16H,3-5,8,12H2,1-2H3,(H,27,30)(H,26,28,31). The van der Waals surface area contributed by atoms with Gasteiger partial charge in [0.1, 0.15) is 23.2 Å². The number of ether oxygens (including phenoxy) is 2. The van der Waals surface area contributed by atoms with Crippen LogP contribution in [0, 0.1) is 17.6 Å². The first kappa shape index (κ1) is 24.1. The number of rotatable bonds is 7. The Kier molecular flexibility index (Phi) is 7.92. The van der Waals surface area contributed by atoms with Crippen LogP contribution in [0.2, 0.25) is 0 Å². The second-order valence-corrected chi connectivity index (χ2v) is 7.79. The number of methoxy groups -OCH3 is 1. The monoisotopic (exact) mass is 461 g/mol. The van der Waals surface area contributed by atoms with E-state index in [1.54, 1.807) is 0 Å². The summed E-state index contributed by atoms with van der Waals surface area (Å²) in [5.41, 5.74) is 0.430. The lowest BCUT2D eigenvalue weighted by Gasteiger charge is -2.29. The molecule has 10 heteroatoms. The molecular weight excluding hydrogens is 436 g/mol. The number of benzene rings is 1. The van der Waals surface area contributed by atoms with Crippen LogP contribution in [0.5, 0.6) is 5.75 Å². The van der Waals surface area contributed by atoms with Crippen molar-refractivity contribution >= 4 is 23.6 Å². The van der Waals surface area contributed by atoms with E-state index in [1.807, 2.05) is 0 Å². The Bertz CT molecular complexity index is 1050. The van der Waals surface area contributed by atoms with Crippen molar-refractivity contribution in [1.82, 2.24) is 10.3 Å². The molecule has 33 heavy (non-hydrogen) atoms. The van der Waals surface area contributed by atoms with Crippen molar-refractivity contribution in [2.24, 2.45) is 5.92 Å². The molecule has 2 aromatic rings. The highest BCUT2D eigenvalue weighted by molar-refractivity contribution is 5.92. The van der Waals surface area contributed by atoms with Crippen LogP contribution in [0.15, 0.2) is 30.5 Å². The summed E-state index contributed by atoms with van der Waals surface area (Å²) in [7, 11) is 1.35. The van der Waals surface area contributed by atoms with Gasteiger partial charge < -0.3 is 20.1 Å². The molecule has 2 unspecified atom stereocenters. The fourth-order valence-corrected chi connectivity index (χ4v) is 3.82. The third-order valence-electron chi connectivity index (χ3n) is 5.38. The molecular formula is C23H25F2N3O5. The largest absolute Gasteiger partial charge is 0.496 e. The third-order valence-corrected chi connectivity index (χ3v) is 5.38. The Hall–Kier alpha value is -3.56. The van der Waals surface area contributed by atoms with Gasteiger partial charge in [0, 0.05) is 36.1 Å². The highest BCUT2D eigenvalue weighted by atomic mass is 19.1. The van der Waals surface area contributed by atoms with E-state index in [1.165, 1.54) is 32.2 Å². The molecule has 0 bridgehead atoms. The number of anilines is 1. The van der Waals surface area contributed by atoms with Crippen LogP contribution in [0.25, 0.3) is 11.1 Å². The molecule has 176 valence electrons. The van der Waals surface area contributed by atoms with E-state index in [0.717, 1.165) is 18.7 Å². The molecule has 1 aliphatic carbocycles. The van der Waals surface area contributed by atoms with Crippen LogP contribution in [-0.2, 0) is 19.1 Å². The molecule has 0 spiro atoms. The lowest BCUT2D eigenvalue weighted by atomic mass is 9.85. The number of carbonyl (C=O) groups excluding carboxylic acids is 3. The molecule has 1 aliphatic rings. The minimum absolute atomic E-state index is 0.108. The molecule has 1 fully saturated rings. The van der Waals surface area contributed by atoms with Gasteiger partial charge in [0.05, 0.1) is 13.3 Å². The third kappa shape index (κ3) is 6.47. The molecule has 3 rings (SSSR count). The van der Waals surface area contributed by atoms with Gasteiger partial charge >= 0.3 is 5.97 Å². The first-order valence-corrected chi connectivity index (χ1v) is 10.5. The predicted octanol–water partition coefficient (Wildman–Crippen LogP) is 3.21. The average Bonchev–Trinajstić information content (AvgIpc) is 2.79. The Morgan fingerprint density at radius 3 is 2.67 bits per heavy atom. The van der Waals surface area contributed by atoms with Gasteiger partial charge in [-0.25, -0.2) is 13.8 Å². The van der Waals surface area contributed by atoms with Crippen molar-refractivity contribution in [1.29, 1.82) is 0 Å². The quantitative estimate of drug-likeness (QED) is 0.614. The Morgan fingerprint density at radius 1 is 1.15 bits per heavy atom. The van der Waals surface area contributed by atoms with Gasteiger partial charge in [0.15, 0.2) is 6.61 Å². The Balaban J connectivity index is 1.67. The van der Waals surface area contributed by atoms with Crippen molar-refractivity contribution in [2.75, 3.05) is 19.0 Å². The van der Waals surface area contributed by atoms with Gasteiger partial charge in [-0.1, -0.05) is 6.42 Å². The molecule has 8 nitrogen and oxygen atoms in total. The van der Waals surface area contributed by atoms with Crippen LogP contribution in [0.1, 0.15) is 32.6 Å². The van der Waals surface area contributed by atoms with Crippen molar-refractivity contribution < 1.29 is 32.6 Å². The van der Waals surface area contributed by atoms with Gasteiger partial charge in [-0.2, -0.15) is 0 Å². The summed E-state index contributed by atoms with van der Waals surface area (Å²) in [6, 6.07) is 4.86. The van der Waals surface area contributed by atoms with Crippen molar-refractivity contribution in [3.8, 4) is 16.9 Å². The van der Waals surface area contributed by atoms with Crippen LogP contribution in [0.3, 0.4) is 0 Å². The number of nitrogens with zero attached hydrogens (tertiary/aromatic N) is 1. The number of halogens is 2. The molecule has 1 aromatic carbocycles. The molecule has 2 amide bonds. The molecule has 0 radical (unpaired) electrons. The van der Waals surface area contributed by atoms with E-state index in [0.29, 0.717) is 24.8 Å². The average molecular weight is 461 g/mol. The number of carbonyl (C=O) groups is 3. The van der Waals surface area contributed by atoms with Gasteiger partial charge in [0.25, 0.3) is 5.91 Å². The summed E-state index contributed by atoms with van der Waals surface area (Å²) >= 11 is 0. The molecule has 2 N–H and O–H groups in total. The van der Waals surface area contributed by atoms with Crippen molar-refractivity contribution in [2.45, 2.75) is 38.6 Å². The first-order valence-electron chi connectivity index (χ1n) is 10.5. The normalized spacial score (nSPS) is 17.7. The Labute approximate surface area is 189 Å². The maximum atomic E-state index is 14.5. The maximum absolute atomic E-state index is 14.5. The summed E-state index contributed by atoms with van der Waals surface area (Å²) in [5, 5.41) is 5.47. The van der Waals surface area contributed by atoms with Crippen LogP contribution < -0.4 is 15.4 Å². The molecule has 0 saturated heterocycles. The summed E-state index contributed by atoms with van der Waals surface area (Å²) in [6.45, 7) is 0.854. The molecule has 1 saturated carbocycles. The minimum atomic E-state index is -0.647. The summed E-state index contributed by atoms with van der Waals surface area (Å²) in [6.07, 6.45) is 3.45. The number of esters is 1. The molecule has 2 atom stereocenters. The van der Waals surface area contributed by atoms with E-state index in [2.05, 4.69) is 20.4 Å². The topological polar surface area (TPSA) is 107 Å². The van der Waals surface area contributed by atoms with Crippen LogP contribution in [0.4, 0.5) is 14.6 Å². The molecule has 1 heterocycles. The van der Waals surface area contributed by atoms with E-state index < -0.39 is 23.5 Å². The predicted molar refractivity (Wildman–Crippen MR) is 115 cm³/mol. The van der Waals surface area contributed by atoms with Crippen molar-refractivity contribution in [3.05, 3.63) is 42.1 Å². The molecule has 1 aromatic heterocycles. The van der Waals surface area contributed by atoms with Crippen LogP contribution in [-0.4, -0.2) is 42.5 Å². The molecule has 0 aliphatic heterocycles. The lowest BCUT2D eigenvalue weighted by molar-refractivity contribution is -0.146. The maximum Gasteiger partial charge on any atom is 0.303 e. The first-order chi connectivity index (χ1) is 15.8. The fourth-order valence-electron chi connectivity index (χ4n) is 3.82. The van der Waals surface area contributed by atoms with Crippen LogP contribution >= 0.6 is 0 Å². The number of pyridine rings is 1. The van der Waals surface area contributed by atoms with Crippen molar-refractivity contribution in [3.63, 3.8) is 0 Å². The number of nitrogens with one attached hydrogen (secondary N) is 2. The number of amides is 2. The SMILES string of the molecule is COc1cc(F)ccc1-c1cc(NC(=O)C2CCCC(NC(=O)COC(C)=O)C2)ncc1F. The highest BCUT2D eigenvalue weighted by Crippen LogP contribution is 2.33. The minimum Gasteiger partial charge on any atom is -0.496 e. The van der Waals surface area contributed by atoms with Gasteiger partial charge in [-0.05, 0) is 37.5 Å². The fraction of sp³-hybridized carbons (Fsp3) is 0.391. The Morgan fingerprint density at radius 2 is 1.94 bits per heavy atom. The van der Waals surface area contributed by atoms with E-state index in [-0.39, 0.29) is 41.6 Å². The van der Waals surface area contributed by atoms with Gasteiger partial charge in [-0.3, -0.25) is 14.4 Å². The van der Waals surface area contributed by atoms with E-state index >= 15 is 0 Å². The second kappa shape index (κ2) is 10.8. The number of hydrogen-bond acceptors (Lipinski definition) is 6. The summed E-state index contributed by atoms with van der Waals surface area (Å²) in [4.78, 5) is 39.5. The van der Waals surface area contributed by atoms with E-state index in [4.69, 9.17) is 4.74 Å². The summed E-state index contributed by atoms with van der Waals surface area (Å²) in [5.74, 6) is -2.53. The second-order valence-electron chi connectivity index (χ2n) is 7.79.